The van der Waals surface area contributed by atoms with Crippen LogP contribution in [0.15, 0.2) is 40.8 Å². The van der Waals surface area contributed by atoms with Crippen LogP contribution in [-0.4, -0.2) is 21.9 Å². The first-order valence-corrected chi connectivity index (χ1v) is 5.82. The van der Waals surface area contributed by atoms with E-state index in [0.29, 0.717) is 11.3 Å². The third kappa shape index (κ3) is 3.66. The third-order valence-corrected chi connectivity index (χ3v) is 2.54. The molecule has 0 radical (unpaired) electrons. The number of aliphatic carboxylic acids is 1. The number of nitrogens with zero attached hydrogens (tertiary/aromatic N) is 1. The molecule has 2 rings (SSSR count). The van der Waals surface area contributed by atoms with Gasteiger partial charge in [0.1, 0.15) is 4.92 Å². The maximum atomic E-state index is 11.8. The Balaban J connectivity index is 2.11. The van der Waals surface area contributed by atoms with Gasteiger partial charge in [0, 0.05) is 5.69 Å². The Bertz CT molecular complexity index is 706. The van der Waals surface area contributed by atoms with Gasteiger partial charge in [0.25, 0.3) is 5.91 Å². The van der Waals surface area contributed by atoms with E-state index in [1.165, 1.54) is 12.1 Å². The second-order valence-corrected chi connectivity index (χ2v) is 4.12. The minimum atomic E-state index is -0.986. The molecule has 0 fully saturated rings. The summed E-state index contributed by atoms with van der Waals surface area (Å²) in [4.78, 5) is 32.2. The second-order valence-electron chi connectivity index (χ2n) is 4.12. The standard InChI is InChI=1S/C13H10N2O6/c16-12(17)7-8-2-1-3-9(6-8)14-13(18)10-4-5-11(21-10)15(19)20/h1-6H,7H2,(H,14,18)(H,16,17). The molecule has 1 aromatic heterocycles. The largest absolute Gasteiger partial charge is 0.481 e. The quantitative estimate of drug-likeness (QED) is 0.641. The van der Waals surface area contributed by atoms with Crippen molar-refractivity contribution < 1.29 is 24.0 Å². The molecule has 1 aromatic carbocycles. The first-order valence-electron chi connectivity index (χ1n) is 5.82. The molecule has 0 spiro atoms. The van der Waals surface area contributed by atoms with Crippen LogP contribution in [0.4, 0.5) is 11.6 Å². The number of carbonyl (C=O) groups excluding carboxylic acids is 1. The van der Waals surface area contributed by atoms with E-state index in [-0.39, 0.29) is 12.2 Å². The van der Waals surface area contributed by atoms with Gasteiger partial charge in [-0.2, -0.15) is 0 Å². The first kappa shape index (κ1) is 14.3. The van der Waals surface area contributed by atoms with Crippen molar-refractivity contribution in [3.05, 3.63) is 57.8 Å². The summed E-state index contributed by atoms with van der Waals surface area (Å²) in [6, 6.07) is 8.55. The fourth-order valence-electron chi connectivity index (χ4n) is 1.67. The lowest BCUT2D eigenvalue weighted by Crippen LogP contribution is -2.11. The van der Waals surface area contributed by atoms with Crippen LogP contribution in [0.25, 0.3) is 0 Å². The van der Waals surface area contributed by atoms with E-state index in [4.69, 9.17) is 9.52 Å². The first-order chi connectivity index (χ1) is 9.95. The Morgan fingerprint density at radius 2 is 2.05 bits per heavy atom. The summed E-state index contributed by atoms with van der Waals surface area (Å²) >= 11 is 0. The van der Waals surface area contributed by atoms with Crippen LogP contribution in [0.2, 0.25) is 0 Å². The number of furan rings is 1. The Hall–Kier alpha value is -3.16. The van der Waals surface area contributed by atoms with Crippen molar-refractivity contribution in [2.45, 2.75) is 6.42 Å². The van der Waals surface area contributed by atoms with Gasteiger partial charge in [0.15, 0.2) is 5.76 Å². The number of carboxylic acid groups (broad SMARTS) is 1. The van der Waals surface area contributed by atoms with Crippen LogP contribution in [0.1, 0.15) is 16.1 Å². The predicted octanol–water partition coefficient (Wildman–Crippen LogP) is 2.07. The second kappa shape index (κ2) is 5.87. The van der Waals surface area contributed by atoms with Gasteiger partial charge < -0.3 is 14.8 Å². The Kier molecular flexibility index (Phi) is 3.98. The number of benzene rings is 1. The van der Waals surface area contributed by atoms with Gasteiger partial charge in [0.2, 0.25) is 0 Å². The minimum absolute atomic E-state index is 0.171. The molecule has 1 heterocycles. The maximum absolute atomic E-state index is 11.8. The highest BCUT2D eigenvalue weighted by molar-refractivity contribution is 6.02. The molecule has 0 aliphatic heterocycles. The number of anilines is 1. The monoisotopic (exact) mass is 290 g/mol. The average Bonchev–Trinajstić information content (AvgIpc) is 2.88. The topological polar surface area (TPSA) is 123 Å². The summed E-state index contributed by atoms with van der Waals surface area (Å²) < 4.78 is 4.77. The van der Waals surface area contributed by atoms with Crippen LogP contribution in [-0.2, 0) is 11.2 Å². The predicted molar refractivity (Wildman–Crippen MR) is 71.1 cm³/mol. The van der Waals surface area contributed by atoms with Crippen LogP contribution >= 0.6 is 0 Å². The third-order valence-electron chi connectivity index (χ3n) is 2.54. The minimum Gasteiger partial charge on any atom is -0.481 e. The van der Waals surface area contributed by atoms with E-state index in [1.54, 1.807) is 18.2 Å². The van der Waals surface area contributed by atoms with Crippen molar-refractivity contribution in [2.75, 3.05) is 5.32 Å². The van der Waals surface area contributed by atoms with E-state index < -0.39 is 22.7 Å². The summed E-state index contributed by atoms with van der Waals surface area (Å²) in [6.45, 7) is 0. The number of amides is 1. The molecule has 0 aliphatic carbocycles. The molecule has 0 bridgehead atoms. The lowest BCUT2D eigenvalue weighted by Gasteiger charge is -2.04. The smallest absolute Gasteiger partial charge is 0.433 e. The zero-order chi connectivity index (χ0) is 15.4. The highest BCUT2D eigenvalue weighted by Crippen LogP contribution is 2.18. The summed E-state index contributed by atoms with van der Waals surface area (Å²) in [5.74, 6) is -2.37. The van der Waals surface area contributed by atoms with Crippen molar-refractivity contribution >= 4 is 23.4 Å². The van der Waals surface area contributed by atoms with E-state index in [2.05, 4.69) is 5.32 Å². The molecule has 0 saturated carbocycles. The highest BCUT2D eigenvalue weighted by atomic mass is 16.6. The van der Waals surface area contributed by atoms with E-state index >= 15 is 0 Å². The van der Waals surface area contributed by atoms with Crippen LogP contribution in [0, 0.1) is 10.1 Å². The molecule has 0 unspecified atom stereocenters. The van der Waals surface area contributed by atoms with Crippen molar-refractivity contribution in [2.24, 2.45) is 0 Å². The van der Waals surface area contributed by atoms with Crippen molar-refractivity contribution in [3.63, 3.8) is 0 Å². The molecule has 1 amide bonds. The molecule has 21 heavy (non-hydrogen) atoms. The Morgan fingerprint density at radius 1 is 1.29 bits per heavy atom. The van der Waals surface area contributed by atoms with Gasteiger partial charge in [0.05, 0.1) is 12.5 Å². The van der Waals surface area contributed by atoms with E-state index in [1.807, 2.05) is 0 Å². The number of rotatable bonds is 5. The molecular formula is C13H10N2O6. The number of carbonyl (C=O) groups is 2. The van der Waals surface area contributed by atoms with E-state index in [9.17, 15) is 19.7 Å². The zero-order valence-corrected chi connectivity index (χ0v) is 10.6. The Morgan fingerprint density at radius 3 is 2.67 bits per heavy atom. The van der Waals surface area contributed by atoms with Gasteiger partial charge in [-0.25, -0.2) is 0 Å². The Labute approximate surface area is 118 Å². The summed E-state index contributed by atoms with van der Waals surface area (Å²) in [7, 11) is 0. The molecule has 2 aromatic rings. The fraction of sp³-hybridized carbons (Fsp3) is 0.0769. The van der Waals surface area contributed by atoms with Crippen molar-refractivity contribution in [3.8, 4) is 0 Å². The van der Waals surface area contributed by atoms with Crippen molar-refractivity contribution in [1.82, 2.24) is 0 Å². The molecule has 108 valence electrons. The SMILES string of the molecule is O=C(O)Cc1cccc(NC(=O)c2ccc([N+](=O)[O-])o2)c1. The normalized spacial score (nSPS) is 10.1. The summed E-state index contributed by atoms with van der Waals surface area (Å²) in [6.07, 6.45) is -0.171. The van der Waals surface area contributed by atoms with Gasteiger partial charge in [-0.05, 0) is 23.8 Å². The zero-order valence-electron chi connectivity index (χ0n) is 10.6. The number of nitro groups is 1. The molecule has 0 atom stereocenters. The van der Waals surface area contributed by atoms with Crippen LogP contribution in [0.3, 0.4) is 0 Å². The molecule has 0 saturated heterocycles. The van der Waals surface area contributed by atoms with Gasteiger partial charge in [-0.15, -0.1) is 0 Å². The van der Waals surface area contributed by atoms with Gasteiger partial charge >= 0.3 is 11.9 Å². The van der Waals surface area contributed by atoms with Crippen molar-refractivity contribution in [1.29, 1.82) is 0 Å². The lowest BCUT2D eigenvalue weighted by molar-refractivity contribution is -0.402. The highest BCUT2D eigenvalue weighted by Gasteiger charge is 2.17. The molecular weight excluding hydrogens is 280 g/mol. The maximum Gasteiger partial charge on any atom is 0.433 e. The van der Waals surface area contributed by atoms with Gasteiger partial charge in [-0.3, -0.25) is 19.7 Å². The lowest BCUT2D eigenvalue weighted by atomic mass is 10.1. The van der Waals surface area contributed by atoms with E-state index in [0.717, 1.165) is 6.07 Å². The van der Waals surface area contributed by atoms with Crippen LogP contribution in [0.5, 0.6) is 0 Å². The number of nitrogens with one attached hydrogen (secondary N) is 1. The summed E-state index contributed by atoms with van der Waals surface area (Å²) in [5.41, 5.74) is 0.892. The molecule has 2 N–H and O–H groups in total. The van der Waals surface area contributed by atoms with Gasteiger partial charge in [-0.1, -0.05) is 12.1 Å². The molecule has 0 aliphatic rings. The number of carboxylic acids is 1. The number of hydrogen-bond acceptors (Lipinski definition) is 5. The number of hydrogen-bond donors (Lipinski definition) is 2. The molecule has 8 heteroatoms. The van der Waals surface area contributed by atoms with Crippen LogP contribution < -0.4 is 5.32 Å². The summed E-state index contributed by atoms with van der Waals surface area (Å²) in [5, 5.41) is 21.6. The fourth-order valence-corrected chi connectivity index (χ4v) is 1.67. The average molecular weight is 290 g/mol. The molecule has 8 nitrogen and oxygen atoms in total.